The Morgan fingerprint density at radius 2 is 1.72 bits per heavy atom. The first-order valence-electron chi connectivity index (χ1n) is 8.95. The molecule has 1 aliphatic rings. The van der Waals surface area contributed by atoms with Crippen molar-refractivity contribution in [3.63, 3.8) is 0 Å². The number of aliphatic carboxylic acids is 2. The number of rotatable bonds is 11. The number of carbonyl (C=O) groups is 5. The smallest absolute Gasteiger partial charge is 0.326 e. The zero-order valence-corrected chi connectivity index (χ0v) is 16.5. The molecular weight excluding hydrogens is 408 g/mol. The highest BCUT2D eigenvalue weighted by molar-refractivity contribution is 7.80. The van der Waals surface area contributed by atoms with E-state index >= 15 is 0 Å². The van der Waals surface area contributed by atoms with E-state index in [0.29, 0.717) is 6.42 Å². The number of carboxylic acid groups (broad SMARTS) is 2. The Balaban J connectivity index is 2.91. The molecule has 7 N–H and O–H groups in total. The number of amides is 3. The molecule has 12 nitrogen and oxygen atoms in total. The van der Waals surface area contributed by atoms with Gasteiger partial charge in [-0.15, -0.1) is 0 Å². The number of carbonyl (C=O) groups excluding carboxylic acids is 3. The number of hydrogen-bond acceptors (Lipinski definition) is 8. The molecule has 0 spiro atoms. The van der Waals surface area contributed by atoms with E-state index in [1.165, 1.54) is 0 Å². The zero-order chi connectivity index (χ0) is 22.1. The van der Waals surface area contributed by atoms with Crippen molar-refractivity contribution < 1.29 is 39.3 Å². The lowest BCUT2D eigenvalue weighted by Crippen LogP contribution is -2.58. The average molecular weight is 434 g/mol. The maximum atomic E-state index is 12.8. The Labute approximate surface area is 172 Å². The molecule has 1 fully saturated rings. The summed E-state index contributed by atoms with van der Waals surface area (Å²) in [5.41, 5.74) is 5.49. The van der Waals surface area contributed by atoms with Crippen LogP contribution < -0.4 is 16.4 Å². The molecule has 3 amide bonds. The van der Waals surface area contributed by atoms with Gasteiger partial charge in [-0.2, -0.15) is 12.6 Å². The second-order valence-electron chi connectivity index (χ2n) is 6.55. The lowest BCUT2D eigenvalue weighted by molar-refractivity contribution is -0.150. The summed E-state index contributed by atoms with van der Waals surface area (Å²) in [7, 11) is 0. The summed E-state index contributed by atoms with van der Waals surface area (Å²) in [5.74, 6) is -4.81. The number of carboxylic acids is 2. The Hall–Kier alpha value is -2.38. The first kappa shape index (κ1) is 24.7. The monoisotopic (exact) mass is 434 g/mol. The van der Waals surface area contributed by atoms with Crippen LogP contribution in [0.15, 0.2) is 0 Å². The molecular formula is C16H26N4O8S. The van der Waals surface area contributed by atoms with Crippen LogP contribution in [0.5, 0.6) is 0 Å². The fourth-order valence-corrected chi connectivity index (χ4v) is 3.01. The third-order valence-corrected chi connectivity index (χ3v) is 4.82. The van der Waals surface area contributed by atoms with Crippen LogP contribution in [-0.2, 0) is 24.0 Å². The summed E-state index contributed by atoms with van der Waals surface area (Å²) in [6.07, 6.45) is -0.0369. The van der Waals surface area contributed by atoms with Crippen molar-refractivity contribution >= 4 is 42.3 Å². The molecule has 164 valence electrons. The van der Waals surface area contributed by atoms with Gasteiger partial charge in [0.15, 0.2) is 0 Å². The Bertz CT molecular complexity index is 646. The number of nitrogens with one attached hydrogen (secondary N) is 2. The van der Waals surface area contributed by atoms with E-state index in [-0.39, 0.29) is 25.1 Å². The van der Waals surface area contributed by atoms with Gasteiger partial charge in [-0.05, 0) is 19.3 Å². The molecule has 1 heterocycles. The summed E-state index contributed by atoms with van der Waals surface area (Å²) in [6.45, 7) is -0.635. The van der Waals surface area contributed by atoms with E-state index in [0.717, 1.165) is 4.90 Å². The van der Waals surface area contributed by atoms with Gasteiger partial charge in [-0.3, -0.25) is 19.2 Å². The number of aliphatic hydroxyl groups is 1. The molecule has 0 aromatic carbocycles. The lowest BCUT2D eigenvalue weighted by atomic mass is 10.1. The van der Waals surface area contributed by atoms with E-state index in [1.54, 1.807) is 0 Å². The number of thiol groups is 1. The molecule has 0 aliphatic carbocycles. The molecule has 4 atom stereocenters. The maximum absolute atomic E-state index is 12.8. The highest BCUT2D eigenvalue weighted by Crippen LogP contribution is 2.19. The normalized spacial score (nSPS) is 19.1. The van der Waals surface area contributed by atoms with Crippen molar-refractivity contribution in [1.29, 1.82) is 0 Å². The number of nitrogens with zero attached hydrogens (tertiary/aromatic N) is 1. The minimum Gasteiger partial charge on any atom is -0.481 e. The molecule has 0 bridgehead atoms. The zero-order valence-electron chi connectivity index (χ0n) is 15.6. The van der Waals surface area contributed by atoms with Gasteiger partial charge < -0.3 is 36.6 Å². The second-order valence-corrected chi connectivity index (χ2v) is 6.92. The standard InChI is InChI=1S/C16H26N4O8S/c17-8(7-29)13(24)19-10(6-21)14(25)18-9(3-4-12(22)23)15(26)20-5-1-2-11(20)16(27)28/h8-11,21,29H,1-7,17H2,(H,18,25)(H,19,24)(H,22,23)(H,27,28). The molecule has 4 unspecified atom stereocenters. The SMILES string of the molecule is NC(CS)C(=O)NC(CO)C(=O)NC(CCC(=O)O)C(=O)N1CCCC1C(=O)O. The third kappa shape index (κ3) is 7.18. The maximum Gasteiger partial charge on any atom is 0.326 e. The first-order chi connectivity index (χ1) is 13.6. The van der Waals surface area contributed by atoms with Gasteiger partial charge in [0.25, 0.3) is 0 Å². The van der Waals surface area contributed by atoms with Crippen LogP contribution in [0.4, 0.5) is 0 Å². The lowest BCUT2D eigenvalue weighted by Gasteiger charge is -2.28. The van der Waals surface area contributed by atoms with E-state index in [9.17, 15) is 34.2 Å². The molecule has 1 saturated heterocycles. The van der Waals surface area contributed by atoms with Crippen LogP contribution in [0.25, 0.3) is 0 Å². The van der Waals surface area contributed by atoms with Crippen LogP contribution in [0.2, 0.25) is 0 Å². The van der Waals surface area contributed by atoms with Crippen molar-refractivity contribution in [1.82, 2.24) is 15.5 Å². The summed E-state index contributed by atoms with van der Waals surface area (Å²) >= 11 is 3.86. The highest BCUT2D eigenvalue weighted by Gasteiger charge is 2.38. The number of aliphatic hydroxyl groups excluding tert-OH is 1. The highest BCUT2D eigenvalue weighted by atomic mass is 32.1. The van der Waals surface area contributed by atoms with Crippen molar-refractivity contribution in [3.8, 4) is 0 Å². The molecule has 1 aliphatic heterocycles. The van der Waals surface area contributed by atoms with E-state index in [1.807, 2.05) is 0 Å². The molecule has 1 rings (SSSR count). The van der Waals surface area contributed by atoms with E-state index < -0.39 is 66.9 Å². The topological polar surface area (TPSA) is 199 Å². The predicted molar refractivity (Wildman–Crippen MR) is 102 cm³/mol. The average Bonchev–Trinajstić information content (AvgIpc) is 3.17. The van der Waals surface area contributed by atoms with Gasteiger partial charge >= 0.3 is 11.9 Å². The largest absolute Gasteiger partial charge is 0.481 e. The first-order valence-corrected chi connectivity index (χ1v) is 9.58. The molecule has 0 aromatic rings. The van der Waals surface area contributed by atoms with Gasteiger partial charge in [0.2, 0.25) is 17.7 Å². The van der Waals surface area contributed by atoms with Crippen molar-refractivity contribution in [3.05, 3.63) is 0 Å². The number of hydrogen-bond donors (Lipinski definition) is 7. The number of nitrogens with two attached hydrogens (primary N) is 1. The van der Waals surface area contributed by atoms with Crippen LogP contribution in [0.1, 0.15) is 25.7 Å². The van der Waals surface area contributed by atoms with E-state index in [4.69, 9.17) is 10.8 Å². The number of likely N-dealkylation sites (tertiary alicyclic amines) is 1. The van der Waals surface area contributed by atoms with Crippen LogP contribution in [0, 0.1) is 0 Å². The Morgan fingerprint density at radius 3 is 2.24 bits per heavy atom. The molecule has 29 heavy (non-hydrogen) atoms. The predicted octanol–water partition coefficient (Wildman–Crippen LogP) is -2.85. The summed E-state index contributed by atoms with van der Waals surface area (Å²) < 4.78 is 0. The molecule has 13 heteroatoms. The quantitative estimate of drug-likeness (QED) is 0.167. The van der Waals surface area contributed by atoms with Crippen molar-refractivity contribution in [2.75, 3.05) is 18.9 Å². The van der Waals surface area contributed by atoms with Gasteiger partial charge in [0.05, 0.1) is 12.6 Å². The molecule has 0 saturated carbocycles. The second kappa shape index (κ2) is 11.6. The molecule has 0 aromatic heterocycles. The fourth-order valence-electron chi connectivity index (χ4n) is 2.84. The summed E-state index contributed by atoms with van der Waals surface area (Å²) in [6, 6.07) is -4.84. The minimum absolute atomic E-state index is 0.00311. The Kier molecular flexibility index (Phi) is 9.85. The van der Waals surface area contributed by atoms with Crippen molar-refractivity contribution in [2.45, 2.75) is 49.9 Å². The molecule has 0 radical (unpaired) electrons. The minimum atomic E-state index is -1.43. The van der Waals surface area contributed by atoms with Gasteiger partial charge in [-0.1, -0.05) is 0 Å². The van der Waals surface area contributed by atoms with Gasteiger partial charge in [0, 0.05) is 18.7 Å². The van der Waals surface area contributed by atoms with Crippen LogP contribution in [-0.4, -0.2) is 93.0 Å². The summed E-state index contributed by atoms with van der Waals surface area (Å²) in [5, 5.41) is 32.0. The van der Waals surface area contributed by atoms with Gasteiger partial charge in [-0.25, -0.2) is 4.79 Å². The Morgan fingerprint density at radius 1 is 1.10 bits per heavy atom. The van der Waals surface area contributed by atoms with Crippen LogP contribution in [0.3, 0.4) is 0 Å². The van der Waals surface area contributed by atoms with E-state index in [2.05, 4.69) is 23.3 Å². The third-order valence-electron chi connectivity index (χ3n) is 4.43. The van der Waals surface area contributed by atoms with Gasteiger partial charge in [0.1, 0.15) is 18.1 Å². The summed E-state index contributed by atoms with van der Waals surface area (Å²) in [4.78, 5) is 60.3. The van der Waals surface area contributed by atoms with Crippen molar-refractivity contribution in [2.24, 2.45) is 5.73 Å². The fraction of sp³-hybridized carbons (Fsp3) is 0.688. The van der Waals surface area contributed by atoms with Crippen LogP contribution >= 0.6 is 12.6 Å².